The molecule has 1 N–H and O–H groups in total. The van der Waals surface area contributed by atoms with E-state index in [0.717, 1.165) is 16.3 Å². The molecule has 0 fully saturated rings. The Morgan fingerprint density at radius 1 is 1.38 bits per heavy atom. The summed E-state index contributed by atoms with van der Waals surface area (Å²) in [6, 6.07) is 5.10. The average Bonchev–Trinajstić information content (AvgIpc) is 2.66. The Bertz CT molecular complexity index is 700. The average molecular weight is 212 g/mol. The third-order valence-electron chi connectivity index (χ3n) is 2.64. The van der Waals surface area contributed by atoms with Crippen LogP contribution in [0.2, 0.25) is 0 Å². The van der Waals surface area contributed by atoms with Crippen molar-refractivity contribution < 1.29 is 9.90 Å². The van der Waals surface area contributed by atoms with E-state index in [9.17, 15) is 4.79 Å². The van der Waals surface area contributed by atoms with Gasteiger partial charge in [-0.2, -0.15) is 0 Å². The maximum atomic E-state index is 10.8. The zero-order valence-electron chi connectivity index (χ0n) is 8.29. The number of hydrogen-bond acceptors (Lipinski definition) is 2. The van der Waals surface area contributed by atoms with Gasteiger partial charge in [0.15, 0.2) is 0 Å². The number of aromatic carboxylic acids is 1. The van der Waals surface area contributed by atoms with Gasteiger partial charge in [-0.25, -0.2) is 4.79 Å². The van der Waals surface area contributed by atoms with Crippen molar-refractivity contribution in [3.8, 4) is 0 Å². The largest absolute Gasteiger partial charge is 0.478 e. The quantitative estimate of drug-likeness (QED) is 0.672. The first-order valence-corrected chi connectivity index (χ1v) is 4.83. The number of hydrogen-bond donors (Lipinski definition) is 1. The number of carboxylic acids is 1. The summed E-state index contributed by atoms with van der Waals surface area (Å²) in [6.07, 6.45) is 7.21. The van der Waals surface area contributed by atoms with Crippen LogP contribution in [0.15, 0.2) is 43.0 Å². The SMILES string of the molecule is O=C(O)c1ccc2c(c1)cn1ccncc21. The topological polar surface area (TPSA) is 54.6 Å². The van der Waals surface area contributed by atoms with Crippen LogP contribution in [0, 0.1) is 0 Å². The fourth-order valence-corrected chi connectivity index (χ4v) is 1.88. The molecule has 0 bridgehead atoms. The van der Waals surface area contributed by atoms with Crippen molar-refractivity contribution in [3.63, 3.8) is 0 Å². The predicted molar refractivity (Wildman–Crippen MR) is 59.7 cm³/mol. The minimum absolute atomic E-state index is 0.302. The molecule has 0 unspecified atom stereocenters. The number of rotatable bonds is 1. The highest BCUT2D eigenvalue weighted by Gasteiger charge is 2.07. The summed E-state index contributed by atoms with van der Waals surface area (Å²) in [7, 11) is 0. The second kappa shape index (κ2) is 3.06. The second-order valence-electron chi connectivity index (χ2n) is 3.61. The highest BCUT2D eigenvalue weighted by Crippen LogP contribution is 2.22. The number of benzene rings is 1. The minimum atomic E-state index is -0.907. The van der Waals surface area contributed by atoms with Crippen LogP contribution in [0.1, 0.15) is 10.4 Å². The standard InChI is InChI=1S/C12H8N2O2/c15-12(16)8-1-2-10-9(5-8)7-14-4-3-13-6-11(10)14/h1-7H,(H,15,16). The third kappa shape index (κ3) is 1.16. The maximum absolute atomic E-state index is 10.8. The summed E-state index contributed by atoms with van der Waals surface area (Å²) < 4.78 is 1.93. The van der Waals surface area contributed by atoms with Gasteiger partial charge < -0.3 is 9.51 Å². The Morgan fingerprint density at radius 2 is 2.25 bits per heavy atom. The number of nitrogens with zero attached hydrogens (tertiary/aromatic N) is 2. The van der Waals surface area contributed by atoms with Gasteiger partial charge in [0.05, 0.1) is 17.3 Å². The fraction of sp³-hybridized carbons (Fsp3) is 0. The lowest BCUT2D eigenvalue weighted by Gasteiger charge is -1.94. The van der Waals surface area contributed by atoms with E-state index in [1.165, 1.54) is 0 Å². The molecule has 0 aliphatic rings. The van der Waals surface area contributed by atoms with Gasteiger partial charge in [-0.1, -0.05) is 6.07 Å². The fourth-order valence-electron chi connectivity index (χ4n) is 1.88. The van der Waals surface area contributed by atoms with Crippen molar-refractivity contribution in [1.29, 1.82) is 0 Å². The number of aromatic nitrogens is 2. The van der Waals surface area contributed by atoms with Crippen LogP contribution in [0.5, 0.6) is 0 Å². The van der Waals surface area contributed by atoms with Gasteiger partial charge in [0.25, 0.3) is 0 Å². The van der Waals surface area contributed by atoms with Crippen LogP contribution in [-0.4, -0.2) is 20.5 Å². The normalized spacial score (nSPS) is 11.0. The molecule has 0 spiro atoms. The predicted octanol–water partition coefficient (Wildman–Crippen LogP) is 2.19. The summed E-state index contributed by atoms with van der Waals surface area (Å²) in [5, 5.41) is 10.8. The molecule has 0 aliphatic carbocycles. The van der Waals surface area contributed by atoms with Crippen LogP contribution in [0.25, 0.3) is 16.3 Å². The van der Waals surface area contributed by atoms with E-state index >= 15 is 0 Å². The van der Waals surface area contributed by atoms with Crippen molar-refractivity contribution >= 4 is 22.3 Å². The second-order valence-corrected chi connectivity index (χ2v) is 3.61. The Hall–Kier alpha value is -2.36. The van der Waals surface area contributed by atoms with Gasteiger partial charge in [0.2, 0.25) is 0 Å². The highest BCUT2D eigenvalue weighted by atomic mass is 16.4. The minimum Gasteiger partial charge on any atom is -0.478 e. The number of carbonyl (C=O) groups is 1. The third-order valence-corrected chi connectivity index (χ3v) is 2.64. The van der Waals surface area contributed by atoms with Crippen LogP contribution >= 0.6 is 0 Å². The Balaban J connectivity index is 2.41. The summed E-state index contributed by atoms with van der Waals surface area (Å²) in [4.78, 5) is 14.9. The monoisotopic (exact) mass is 212 g/mol. The molecule has 78 valence electrons. The van der Waals surface area contributed by atoms with E-state index in [0.29, 0.717) is 5.56 Å². The van der Waals surface area contributed by atoms with Crippen molar-refractivity contribution in [1.82, 2.24) is 9.38 Å². The molecule has 0 saturated heterocycles. The van der Waals surface area contributed by atoms with E-state index in [1.54, 1.807) is 24.5 Å². The Kier molecular flexibility index (Phi) is 1.71. The molecule has 0 saturated carbocycles. The lowest BCUT2D eigenvalue weighted by molar-refractivity contribution is 0.0697. The molecule has 0 aliphatic heterocycles. The van der Waals surface area contributed by atoms with Crippen molar-refractivity contribution in [3.05, 3.63) is 48.5 Å². The molecule has 2 heterocycles. The van der Waals surface area contributed by atoms with Crippen LogP contribution in [-0.2, 0) is 0 Å². The van der Waals surface area contributed by atoms with Gasteiger partial charge in [0, 0.05) is 29.4 Å². The Labute approximate surface area is 90.8 Å². The molecule has 0 amide bonds. The molecule has 0 atom stereocenters. The van der Waals surface area contributed by atoms with E-state index < -0.39 is 5.97 Å². The maximum Gasteiger partial charge on any atom is 0.335 e. The summed E-state index contributed by atoms with van der Waals surface area (Å²) in [6.45, 7) is 0. The van der Waals surface area contributed by atoms with E-state index in [1.807, 2.05) is 22.9 Å². The molecule has 4 heteroatoms. The molecule has 2 aromatic heterocycles. The van der Waals surface area contributed by atoms with E-state index in [4.69, 9.17) is 5.11 Å². The van der Waals surface area contributed by atoms with Crippen LogP contribution < -0.4 is 0 Å². The van der Waals surface area contributed by atoms with E-state index in [2.05, 4.69) is 4.98 Å². The lowest BCUT2D eigenvalue weighted by atomic mass is 10.1. The van der Waals surface area contributed by atoms with Crippen molar-refractivity contribution in [2.45, 2.75) is 0 Å². The first kappa shape index (κ1) is 8.91. The van der Waals surface area contributed by atoms with Crippen molar-refractivity contribution in [2.24, 2.45) is 0 Å². The molecular weight excluding hydrogens is 204 g/mol. The zero-order valence-corrected chi connectivity index (χ0v) is 8.29. The lowest BCUT2D eigenvalue weighted by Crippen LogP contribution is -1.94. The highest BCUT2D eigenvalue weighted by molar-refractivity contribution is 6.01. The van der Waals surface area contributed by atoms with Crippen molar-refractivity contribution in [2.75, 3.05) is 0 Å². The van der Waals surface area contributed by atoms with Crippen LogP contribution in [0.4, 0.5) is 0 Å². The molecule has 1 aromatic carbocycles. The number of carboxylic acid groups (broad SMARTS) is 1. The van der Waals surface area contributed by atoms with Gasteiger partial charge in [0.1, 0.15) is 0 Å². The summed E-state index contributed by atoms with van der Waals surface area (Å²) >= 11 is 0. The van der Waals surface area contributed by atoms with E-state index in [-0.39, 0.29) is 0 Å². The molecule has 3 rings (SSSR count). The smallest absolute Gasteiger partial charge is 0.335 e. The van der Waals surface area contributed by atoms with Crippen LogP contribution in [0.3, 0.4) is 0 Å². The first-order valence-electron chi connectivity index (χ1n) is 4.83. The molecule has 4 nitrogen and oxygen atoms in total. The first-order chi connectivity index (χ1) is 7.75. The molecular formula is C12H8N2O2. The van der Waals surface area contributed by atoms with Gasteiger partial charge in [-0.05, 0) is 12.1 Å². The van der Waals surface area contributed by atoms with Gasteiger partial charge in [-0.3, -0.25) is 4.98 Å². The summed E-state index contributed by atoms with van der Waals surface area (Å²) in [5.74, 6) is -0.907. The molecule has 16 heavy (non-hydrogen) atoms. The Morgan fingerprint density at radius 3 is 3.06 bits per heavy atom. The van der Waals surface area contributed by atoms with Gasteiger partial charge in [-0.15, -0.1) is 0 Å². The summed E-state index contributed by atoms with van der Waals surface area (Å²) in [5.41, 5.74) is 1.28. The molecule has 3 aromatic rings. The zero-order chi connectivity index (χ0) is 11.1. The molecule has 0 radical (unpaired) electrons. The number of fused-ring (bicyclic) bond motifs is 3. The van der Waals surface area contributed by atoms with Gasteiger partial charge >= 0.3 is 5.97 Å².